The number of ketones is 1. The van der Waals surface area contributed by atoms with Crippen LogP contribution >= 0.6 is 0 Å². The summed E-state index contributed by atoms with van der Waals surface area (Å²) in [5.41, 5.74) is 1.84. The van der Waals surface area contributed by atoms with Crippen molar-refractivity contribution in [2.24, 2.45) is 46.8 Å². The summed E-state index contributed by atoms with van der Waals surface area (Å²) in [5.74, 6) is 5.53. The van der Waals surface area contributed by atoms with Gasteiger partial charge in [0.2, 0.25) is 0 Å². The van der Waals surface area contributed by atoms with Crippen LogP contribution in [0.5, 0.6) is 0 Å². The maximum Gasteiger partial charge on any atom is 0.155 e. The smallest absolute Gasteiger partial charge is 0.155 e. The van der Waals surface area contributed by atoms with Gasteiger partial charge < -0.3 is 0 Å². The number of allylic oxidation sites excluding steroid dienone is 1. The van der Waals surface area contributed by atoms with Gasteiger partial charge in [-0.05, 0) is 105 Å². The Hall–Kier alpha value is -1.10. The summed E-state index contributed by atoms with van der Waals surface area (Å²) in [5, 5.41) is 9.80. The molecule has 0 saturated heterocycles. The standard InChI is InChI=1S/C23H31NO/c1-2-23-10-9-19-18-7-6-17(25)11-15(18)12-20(14-3-4-14)22(19)21(23)8-5-16(23)13-24/h11,14,16,18-22H,2-10,12H2,1H3/t16-,18+,19-,20+,21+,22+,23-/m1/s1. The van der Waals surface area contributed by atoms with Crippen molar-refractivity contribution in [3.8, 4) is 6.07 Å². The van der Waals surface area contributed by atoms with E-state index in [9.17, 15) is 10.1 Å². The first-order chi connectivity index (χ1) is 12.2. The van der Waals surface area contributed by atoms with Crippen molar-refractivity contribution in [1.82, 2.24) is 0 Å². The molecule has 0 spiro atoms. The van der Waals surface area contributed by atoms with Crippen LogP contribution in [0.4, 0.5) is 0 Å². The van der Waals surface area contributed by atoms with E-state index in [2.05, 4.69) is 13.0 Å². The molecule has 0 aromatic rings. The fourth-order valence-electron chi connectivity index (χ4n) is 7.99. The normalized spacial score (nSPS) is 48.8. The number of nitrogens with zero attached hydrogens (tertiary/aromatic N) is 1. The Balaban J connectivity index is 1.54. The number of fused-ring (bicyclic) bond motifs is 5. The molecule has 5 rings (SSSR count). The van der Waals surface area contributed by atoms with Crippen LogP contribution in [-0.2, 0) is 4.79 Å². The molecule has 2 nitrogen and oxygen atoms in total. The van der Waals surface area contributed by atoms with Gasteiger partial charge >= 0.3 is 0 Å². The molecule has 0 aromatic heterocycles. The summed E-state index contributed by atoms with van der Waals surface area (Å²) in [7, 11) is 0. The van der Waals surface area contributed by atoms with Gasteiger partial charge in [0, 0.05) is 6.42 Å². The van der Waals surface area contributed by atoms with E-state index in [0.717, 1.165) is 48.9 Å². The van der Waals surface area contributed by atoms with Crippen LogP contribution < -0.4 is 0 Å². The van der Waals surface area contributed by atoms with Crippen LogP contribution in [0.1, 0.15) is 71.1 Å². The Morgan fingerprint density at radius 2 is 2.00 bits per heavy atom. The summed E-state index contributed by atoms with van der Waals surface area (Å²) in [6.45, 7) is 2.35. The van der Waals surface area contributed by atoms with E-state index in [1.807, 2.05) is 6.08 Å². The van der Waals surface area contributed by atoms with Crippen molar-refractivity contribution >= 4 is 5.78 Å². The van der Waals surface area contributed by atoms with E-state index in [0.29, 0.717) is 23.0 Å². The largest absolute Gasteiger partial charge is 0.295 e. The molecule has 25 heavy (non-hydrogen) atoms. The van der Waals surface area contributed by atoms with Gasteiger partial charge in [-0.15, -0.1) is 0 Å². The van der Waals surface area contributed by atoms with Gasteiger partial charge in [-0.25, -0.2) is 0 Å². The molecule has 0 N–H and O–H groups in total. The highest BCUT2D eigenvalue weighted by Crippen LogP contribution is 2.68. The molecule has 4 fully saturated rings. The third-order valence-corrected chi connectivity index (χ3v) is 9.15. The lowest BCUT2D eigenvalue weighted by molar-refractivity contribution is -0.116. The Morgan fingerprint density at radius 1 is 1.16 bits per heavy atom. The van der Waals surface area contributed by atoms with E-state index in [1.165, 1.54) is 50.5 Å². The van der Waals surface area contributed by atoms with Gasteiger partial charge in [0.25, 0.3) is 0 Å². The Morgan fingerprint density at radius 3 is 2.72 bits per heavy atom. The quantitative estimate of drug-likeness (QED) is 0.686. The second-order valence-corrected chi connectivity index (χ2v) is 9.77. The summed E-state index contributed by atoms with van der Waals surface area (Å²) in [6.07, 6.45) is 14.2. The number of hydrogen-bond donors (Lipinski definition) is 0. The lowest BCUT2D eigenvalue weighted by atomic mass is 9.47. The first kappa shape index (κ1) is 16.1. The van der Waals surface area contributed by atoms with Crippen LogP contribution in [0.3, 0.4) is 0 Å². The zero-order valence-electron chi connectivity index (χ0n) is 15.5. The second-order valence-electron chi connectivity index (χ2n) is 9.77. The average molecular weight is 338 g/mol. The molecule has 0 unspecified atom stereocenters. The lowest BCUT2D eigenvalue weighted by Gasteiger charge is -2.57. The predicted octanol–water partition coefficient (Wildman–Crippen LogP) is 5.29. The SMILES string of the molecule is CC[C@]12CC[C@H]3[C@@H]([C@H](C4CC4)CC4=CC(=O)CC[C@@H]43)[C@@H]1CC[C@@H]2C#N. The minimum Gasteiger partial charge on any atom is -0.295 e. The monoisotopic (exact) mass is 337 g/mol. The van der Waals surface area contributed by atoms with Crippen molar-refractivity contribution in [3.05, 3.63) is 11.6 Å². The highest BCUT2D eigenvalue weighted by molar-refractivity contribution is 5.91. The van der Waals surface area contributed by atoms with E-state index in [4.69, 9.17) is 0 Å². The minimum absolute atomic E-state index is 0.299. The van der Waals surface area contributed by atoms with E-state index >= 15 is 0 Å². The fourth-order valence-corrected chi connectivity index (χ4v) is 7.99. The third kappa shape index (κ3) is 2.23. The molecule has 4 saturated carbocycles. The van der Waals surface area contributed by atoms with Crippen LogP contribution in [0.15, 0.2) is 11.6 Å². The molecule has 0 aliphatic heterocycles. The van der Waals surface area contributed by atoms with Crippen LogP contribution in [0, 0.1) is 58.2 Å². The number of hydrogen-bond acceptors (Lipinski definition) is 2. The maximum absolute atomic E-state index is 12.0. The maximum atomic E-state index is 12.0. The van der Waals surface area contributed by atoms with Gasteiger partial charge in [-0.2, -0.15) is 5.26 Å². The van der Waals surface area contributed by atoms with E-state index in [1.54, 1.807) is 0 Å². The van der Waals surface area contributed by atoms with Crippen molar-refractivity contribution < 1.29 is 4.79 Å². The first-order valence-corrected chi connectivity index (χ1v) is 10.8. The molecule has 0 amide bonds. The summed E-state index contributed by atoms with van der Waals surface area (Å²) < 4.78 is 0. The zero-order chi connectivity index (χ0) is 17.2. The van der Waals surface area contributed by atoms with Crippen molar-refractivity contribution in [3.63, 3.8) is 0 Å². The Kier molecular flexibility index (Phi) is 3.67. The van der Waals surface area contributed by atoms with E-state index < -0.39 is 0 Å². The molecule has 5 aliphatic carbocycles. The number of carbonyl (C=O) groups is 1. The Bertz CT molecular complexity index is 653. The fraction of sp³-hybridized carbons (Fsp3) is 0.826. The Labute approximate surface area is 152 Å². The second kappa shape index (κ2) is 5.70. The summed E-state index contributed by atoms with van der Waals surface area (Å²) >= 11 is 0. The molecule has 0 aromatic carbocycles. The van der Waals surface area contributed by atoms with Crippen molar-refractivity contribution in [1.29, 1.82) is 5.26 Å². The number of carbonyl (C=O) groups excluding carboxylic acids is 1. The third-order valence-electron chi connectivity index (χ3n) is 9.15. The zero-order valence-corrected chi connectivity index (χ0v) is 15.5. The van der Waals surface area contributed by atoms with E-state index in [-0.39, 0.29) is 0 Å². The molecular formula is C23H31NO. The summed E-state index contributed by atoms with van der Waals surface area (Å²) in [4.78, 5) is 12.0. The molecule has 7 atom stereocenters. The summed E-state index contributed by atoms with van der Waals surface area (Å²) in [6, 6.07) is 2.72. The lowest BCUT2D eigenvalue weighted by Crippen LogP contribution is -2.51. The topological polar surface area (TPSA) is 40.9 Å². The predicted molar refractivity (Wildman–Crippen MR) is 97.4 cm³/mol. The van der Waals surface area contributed by atoms with Crippen molar-refractivity contribution in [2.45, 2.75) is 71.1 Å². The van der Waals surface area contributed by atoms with Gasteiger partial charge in [-0.3, -0.25) is 4.79 Å². The molecule has 5 aliphatic rings. The highest BCUT2D eigenvalue weighted by Gasteiger charge is 2.61. The van der Waals surface area contributed by atoms with Gasteiger partial charge in [-0.1, -0.05) is 12.5 Å². The molecule has 0 heterocycles. The number of rotatable bonds is 2. The van der Waals surface area contributed by atoms with Gasteiger partial charge in [0.05, 0.1) is 12.0 Å². The number of nitriles is 1. The van der Waals surface area contributed by atoms with Crippen LogP contribution in [0.2, 0.25) is 0 Å². The van der Waals surface area contributed by atoms with Gasteiger partial charge in [0.15, 0.2) is 5.78 Å². The molecular weight excluding hydrogens is 306 g/mol. The van der Waals surface area contributed by atoms with Crippen molar-refractivity contribution in [2.75, 3.05) is 0 Å². The molecule has 134 valence electrons. The van der Waals surface area contributed by atoms with Gasteiger partial charge in [0.1, 0.15) is 0 Å². The van der Waals surface area contributed by atoms with Crippen LogP contribution in [-0.4, -0.2) is 5.78 Å². The van der Waals surface area contributed by atoms with Crippen LogP contribution in [0.25, 0.3) is 0 Å². The first-order valence-electron chi connectivity index (χ1n) is 10.8. The molecule has 2 heteroatoms. The minimum atomic E-state index is 0.299. The molecule has 0 bridgehead atoms. The average Bonchev–Trinajstić information content (AvgIpc) is 3.40. The highest BCUT2D eigenvalue weighted by atomic mass is 16.1. The molecule has 0 radical (unpaired) electrons.